The van der Waals surface area contributed by atoms with Crippen molar-refractivity contribution in [3.8, 4) is 0 Å². The van der Waals surface area contributed by atoms with Crippen LogP contribution in [-0.4, -0.2) is 22.4 Å². The number of nitrogens with zero attached hydrogens (tertiary/aromatic N) is 2. The summed E-state index contributed by atoms with van der Waals surface area (Å²) in [7, 11) is 0. The Labute approximate surface area is 70.0 Å². The van der Waals surface area contributed by atoms with E-state index < -0.39 is 0 Å². The molecule has 0 aliphatic rings. The zero-order valence-corrected chi connectivity index (χ0v) is 7.32. The topological polar surface area (TPSA) is 63.8 Å². The maximum atomic E-state index is 5.33. The molecule has 1 rings (SSSR count). The van der Waals surface area contributed by atoms with Gasteiger partial charge in [0.1, 0.15) is 5.82 Å². The Morgan fingerprint density at radius 2 is 2.45 bits per heavy atom. The molecule has 4 nitrogen and oxygen atoms in total. The predicted octanol–water partition coefficient (Wildman–Crippen LogP) is 0.607. The van der Waals surface area contributed by atoms with Crippen molar-refractivity contribution < 1.29 is 0 Å². The summed E-state index contributed by atoms with van der Waals surface area (Å²) in [5.41, 5.74) is 5.33. The van der Waals surface area contributed by atoms with Crippen LogP contribution in [0.5, 0.6) is 0 Å². The monoisotopic (exact) mass is 172 g/mol. The summed E-state index contributed by atoms with van der Waals surface area (Å²) in [4.78, 5) is 4.14. The fraction of sp³-hybridized carbons (Fsp3) is 0.667. The van der Waals surface area contributed by atoms with Gasteiger partial charge in [-0.25, -0.2) is 4.98 Å². The minimum absolute atomic E-state index is 0.713. The molecule has 0 saturated carbocycles. The van der Waals surface area contributed by atoms with E-state index in [9.17, 15) is 0 Å². The van der Waals surface area contributed by atoms with E-state index in [0.29, 0.717) is 6.54 Å². The van der Waals surface area contributed by atoms with Gasteiger partial charge in [-0.05, 0) is 19.9 Å². The highest BCUT2D eigenvalue weighted by molar-refractivity contribution is 7.09. The fourth-order valence-corrected chi connectivity index (χ4v) is 1.27. The van der Waals surface area contributed by atoms with Crippen LogP contribution in [0.3, 0.4) is 0 Å². The Morgan fingerprint density at radius 1 is 1.64 bits per heavy atom. The second-order valence-electron chi connectivity index (χ2n) is 2.22. The number of aromatic nitrogens is 2. The van der Waals surface area contributed by atoms with Crippen LogP contribution in [0.4, 0.5) is 5.13 Å². The van der Waals surface area contributed by atoms with Gasteiger partial charge < -0.3 is 11.1 Å². The van der Waals surface area contributed by atoms with Crippen molar-refractivity contribution in [2.75, 3.05) is 18.4 Å². The molecule has 0 saturated heterocycles. The highest BCUT2D eigenvalue weighted by Crippen LogP contribution is 2.09. The SMILES string of the molecule is Cc1nsc(NCCCN)n1. The van der Waals surface area contributed by atoms with Crippen LogP contribution in [0.2, 0.25) is 0 Å². The Bertz CT molecular complexity index is 210. The van der Waals surface area contributed by atoms with Crippen molar-refractivity contribution in [3.63, 3.8) is 0 Å². The first kappa shape index (κ1) is 8.42. The van der Waals surface area contributed by atoms with Gasteiger partial charge in [0.2, 0.25) is 5.13 Å². The molecule has 1 aromatic heterocycles. The van der Waals surface area contributed by atoms with Crippen molar-refractivity contribution in [2.45, 2.75) is 13.3 Å². The number of aryl methyl sites for hydroxylation is 1. The van der Waals surface area contributed by atoms with E-state index in [1.807, 2.05) is 6.92 Å². The van der Waals surface area contributed by atoms with Gasteiger partial charge in [-0.15, -0.1) is 0 Å². The molecule has 1 aromatic rings. The highest BCUT2D eigenvalue weighted by atomic mass is 32.1. The van der Waals surface area contributed by atoms with Crippen molar-refractivity contribution in [1.29, 1.82) is 0 Å². The van der Waals surface area contributed by atoms with Crippen molar-refractivity contribution in [1.82, 2.24) is 9.36 Å². The molecule has 0 atom stereocenters. The quantitative estimate of drug-likeness (QED) is 0.653. The molecule has 0 radical (unpaired) electrons. The van der Waals surface area contributed by atoms with Gasteiger partial charge in [0, 0.05) is 18.1 Å². The van der Waals surface area contributed by atoms with Gasteiger partial charge in [-0.1, -0.05) is 0 Å². The molecule has 62 valence electrons. The van der Waals surface area contributed by atoms with Gasteiger partial charge in [0.25, 0.3) is 0 Å². The van der Waals surface area contributed by atoms with Crippen molar-refractivity contribution >= 4 is 16.7 Å². The third-order valence-corrected chi connectivity index (χ3v) is 1.95. The third kappa shape index (κ3) is 2.81. The molecule has 11 heavy (non-hydrogen) atoms. The van der Waals surface area contributed by atoms with E-state index in [4.69, 9.17) is 5.73 Å². The molecular formula is C6H12N4S. The first-order valence-corrected chi connectivity index (χ1v) is 4.34. The van der Waals surface area contributed by atoms with E-state index in [-0.39, 0.29) is 0 Å². The summed E-state index contributed by atoms with van der Waals surface area (Å²) in [6, 6.07) is 0. The third-order valence-electron chi connectivity index (χ3n) is 1.18. The molecular weight excluding hydrogens is 160 g/mol. The second-order valence-corrected chi connectivity index (χ2v) is 2.97. The number of hydrogen-bond acceptors (Lipinski definition) is 5. The zero-order chi connectivity index (χ0) is 8.10. The van der Waals surface area contributed by atoms with Gasteiger partial charge in [-0.2, -0.15) is 4.37 Å². The molecule has 5 heteroatoms. The molecule has 3 N–H and O–H groups in total. The zero-order valence-electron chi connectivity index (χ0n) is 6.50. The first-order valence-electron chi connectivity index (χ1n) is 3.57. The molecule has 1 heterocycles. The molecule has 0 bridgehead atoms. The minimum atomic E-state index is 0.713. The number of nitrogens with two attached hydrogens (primary N) is 1. The number of anilines is 1. The Balaban J connectivity index is 2.27. The molecule has 0 aromatic carbocycles. The number of nitrogens with one attached hydrogen (secondary N) is 1. The molecule has 0 spiro atoms. The highest BCUT2D eigenvalue weighted by Gasteiger charge is 1.96. The van der Waals surface area contributed by atoms with Crippen LogP contribution in [0.25, 0.3) is 0 Å². The molecule has 0 amide bonds. The van der Waals surface area contributed by atoms with Crippen LogP contribution >= 0.6 is 11.5 Å². The van der Waals surface area contributed by atoms with Gasteiger partial charge in [0.05, 0.1) is 0 Å². The Morgan fingerprint density at radius 3 is 3.00 bits per heavy atom. The maximum absolute atomic E-state index is 5.33. The lowest BCUT2D eigenvalue weighted by molar-refractivity contribution is 0.872. The van der Waals surface area contributed by atoms with Crippen LogP contribution in [0.1, 0.15) is 12.2 Å². The largest absolute Gasteiger partial charge is 0.360 e. The summed E-state index contributed by atoms with van der Waals surface area (Å²) in [5.74, 6) is 0.824. The second kappa shape index (κ2) is 4.25. The van der Waals surface area contributed by atoms with Crippen LogP contribution < -0.4 is 11.1 Å². The van der Waals surface area contributed by atoms with Gasteiger partial charge in [0.15, 0.2) is 0 Å². The van der Waals surface area contributed by atoms with Crippen LogP contribution in [0, 0.1) is 6.92 Å². The minimum Gasteiger partial charge on any atom is -0.360 e. The van der Waals surface area contributed by atoms with E-state index >= 15 is 0 Å². The predicted molar refractivity (Wildman–Crippen MR) is 46.8 cm³/mol. The Hall–Kier alpha value is -0.680. The standard InChI is InChI=1S/C6H12N4S/c1-5-9-6(11-10-5)8-4-2-3-7/h2-4,7H2,1H3,(H,8,9,10). The molecule has 0 aliphatic heterocycles. The summed E-state index contributed by atoms with van der Waals surface area (Å²) < 4.78 is 4.03. The summed E-state index contributed by atoms with van der Waals surface area (Å²) in [6.07, 6.45) is 0.971. The lowest BCUT2D eigenvalue weighted by Crippen LogP contribution is -2.08. The summed E-state index contributed by atoms with van der Waals surface area (Å²) in [6.45, 7) is 3.47. The fourth-order valence-electron chi connectivity index (χ4n) is 0.666. The van der Waals surface area contributed by atoms with Crippen LogP contribution in [0.15, 0.2) is 0 Å². The van der Waals surface area contributed by atoms with E-state index in [2.05, 4.69) is 14.7 Å². The van der Waals surface area contributed by atoms with Crippen molar-refractivity contribution in [2.24, 2.45) is 5.73 Å². The van der Waals surface area contributed by atoms with E-state index in [0.717, 1.165) is 23.9 Å². The Kier molecular flexibility index (Phi) is 3.25. The molecule has 0 aliphatic carbocycles. The van der Waals surface area contributed by atoms with Crippen LogP contribution in [-0.2, 0) is 0 Å². The number of rotatable bonds is 4. The van der Waals surface area contributed by atoms with E-state index in [1.54, 1.807) is 0 Å². The van der Waals surface area contributed by atoms with Crippen molar-refractivity contribution in [3.05, 3.63) is 5.82 Å². The summed E-state index contributed by atoms with van der Waals surface area (Å²) >= 11 is 1.39. The average Bonchev–Trinajstić information content (AvgIpc) is 2.37. The maximum Gasteiger partial charge on any atom is 0.202 e. The normalized spacial score (nSPS) is 10.0. The van der Waals surface area contributed by atoms with E-state index in [1.165, 1.54) is 11.5 Å². The average molecular weight is 172 g/mol. The molecule has 0 fully saturated rings. The lowest BCUT2D eigenvalue weighted by atomic mass is 10.4. The van der Waals surface area contributed by atoms with Gasteiger partial charge in [-0.3, -0.25) is 0 Å². The summed E-state index contributed by atoms with van der Waals surface area (Å²) in [5, 5.41) is 4.02. The lowest BCUT2D eigenvalue weighted by Gasteiger charge is -1.97. The first-order chi connectivity index (χ1) is 5.33. The van der Waals surface area contributed by atoms with Gasteiger partial charge >= 0.3 is 0 Å². The smallest absolute Gasteiger partial charge is 0.202 e. The number of hydrogen-bond donors (Lipinski definition) is 2. The molecule has 0 unspecified atom stereocenters.